The van der Waals surface area contributed by atoms with E-state index in [4.69, 9.17) is 27.0 Å². The van der Waals surface area contributed by atoms with Crippen LogP contribution >= 0.6 is 22.3 Å². The van der Waals surface area contributed by atoms with E-state index in [1.54, 1.807) is 0 Å². The van der Waals surface area contributed by atoms with Gasteiger partial charge in [-0.1, -0.05) is 11.6 Å². The molecule has 1 amide bonds. The van der Waals surface area contributed by atoms with E-state index in [-0.39, 0.29) is 21.4 Å². The molecule has 0 saturated carbocycles. The Morgan fingerprint density at radius 2 is 2.19 bits per heavy atom. The third-order valence-electron chi connectivity index (χ3n) is 3.27. The van der Waals surface area contributed by atoms with Gasteiger partial charge in [-0.25, -0.2) is 8.42 Å². The topological polar surface area (TPSA) is 72.5 Å². The van der Waals surface area contributed by atoms with Gasteiger partial charge in [0.1, 0.15) is 0 Å². The van der Waals surface area contributed by atoms with Gasteiger partial charge in [0, 0.05) is 23.8 Å². The lowest BCUT2D eigenvalue weighted by Crippen LogP contribution is -2.33. The summed E-state index contributed by atoms with van der Waals surface area (Å²) in [5.41, 5.74) is 0.0927. The molecule has 1 aromatic carbocycles. The molecule has 1 aliphatic rings. The highest BCUT2D eigenvalue weighted by Crippen LogP contribution is 2.23. The van der Waals surface area contributed by atoms with Crippen LogP contribution in [-0.4, -0.2) is 34.1 Å². The SMILES string of the molecule is O=C(NCC1CCCOC1)c1cc(S(=O)(=O)Cl)ccc1Cl. The summed E-state index contributed by atoms with van der Waals surface area (Å²) in [5, 5.41) is 2.92. The van der Waals surface area contributed by atoms with Gasteiger partial charge in [-0.05, 0) is 37.0 Å². The van der Waals surface area contributed by atoms with Gasteiger partial charge in [-0.2, -0.15) is 0 Å². The van der Waals surface area contributed by atoms with Crippen molar-refractivity contribution in [1.29, 1.82) is 0 Å². The van der Waals surface area contributed by atoms with E-state index >= 15 is 0 Å². The highest BCUT2D eigenvalue weighted by atomic mass is 35.7. The van der Waals surface area contributed by atoms with Crippen LogP contribution in [0, 0.1) is 5.92 Å². The van der Waals surface area contributed by atoms with Gasteiger partial charge in [0.05, 0.1) is 22.1 Å². The van der Waals surface area contributed by atoms with Gasteiger partial charge in [-0.15, -0.1) is 0 Å². The lowest BCUT2D eigenvalue weighted by molar-refractivity contribution is 0.0536. The van der Waals surface area contributed by atoms with Crippen molar-refractivity contribution in [3.8, 4) is 0 Å². The first kappa shape index (κ1) is 16.5. The molecular formula is C13H15Cl2NO4S. The summed E-state index contributed by atoms with van der Waals surface area (Å²) in [4.78, 5) is 12.0. The fourth-order valence-electron chi connectivity index (χ4n) is 2.13. The molecule has 0 spiro atoms. The second-order valence-electron chi connectivity index (χ2n) is 4.87. The summed E-state index contributed by atoms with van der Waals surface area (Å²) in [6.45, 7) is 1.84. The molecule has 0 aliphatic carbocycles. The molecule has 0 radical (unpaired) electrons. The lowest BCUT2D eigenvalue weighted by Gasteiger charge is -2.22. The Hall–Kier alpha value is -0.820. The Labute approximate surface area is 133 Å². The van der Waals surface area contributed by atoms with E-state index < -0.39 is 15.0 Å². The summed E-state index contributed by atoms with van der Waals surface area (Å²) in [5.74, 6) is -0.158. The highest BCUT2D eigenvalue weighted by Gasteiger charge is 2.19. The number of carbonyl (C=O) groups is 1. The van der Waals surface area contributed by atoms with E-state index in [2.05, 4.69) is 5.32 Å². The van der Waals surface area contributed by atoms with E-state index in [0.29, 0.717) is 13.2 Å². The lowest BCUT2D eigenvalue weighted by atomic mass is 10.0. The van der Waals surface area contributed by atoms with E-state index in [1.165, 1.54) is 18.2 Å². The summed E-state index contributed by atoms with van der Waals surface area (Å²) in [7, 11) is 1.37. The third-order valence-corrected chi connectivity index (χ3v) is 4.95. The average molecular weight is 352 g/mol. The van der Waals surface area contributed by atoms with Crippen molar-refractivity contribution in [3.63, 3.8) is 0 Å². The summed E-state index contributed by atoms with van der Waals surface area (Å²) in [6, 6.07) is 3.78. The van der Waals surface area contributed by atoms with Crippen LogP contribution in [0.2, 0.25) is 5.02 Å². The van der Waals surface area contributed by atoms with Crippen molar-refractivity contribution in [2.75, 3.05) is 19.8 Å². The van der Waals surface area contributed by atoms with Gasteiger partial charge < -0.3 is 10.1 Å². The van der Waals surface area contributed by atoms with Gasteiger partial charge in [0.2, 0.25) is 0 Å². The third kappa shape index (κ3) is 4.57. The number of amides is 1. The highest BCUT2D eigenvalue weighted by molar-refractivity contribution is 8.13. The molecule has 0 bridgehead atoms. The molecule has 8 heteroatoms. The Bertz CT molecular complexity index is 627. The number of carbonyl (C=O) groups excluding carboxylic acids is 1. The summed E-state index contributed by atoms with van der Waals surface area (Å²) in [6.07, 6.45) is 1.96. The Morgan fingerprint density at radius 1 is 1.43 bits per heavy atom. The minimum atomic E-state index is -3.90. The molecule has 1 aromatic rings. The van der Waals surface area contributed by atoms with Gasteiger partial charge >= 0.3 is 0 Å². The number of rotatable bonds is 4. The quantitative estimate of drug-likeness (QED) is 0.845. The second kappa shape index (κ2) is 6.96. The smallest absolute Gasteiger partial charge is 0.261 e. The maximum Gasteiger partial charge on any atom is 0.261 e. The Morgan fingerprint density at radius 3 is 2.81 bits per heavy atom. The van der Waals surface area contributed by atoms with Crippen LogP contribution in [0.15, 0.2) is 23.1 Å². The number of halogens is 2. The van der Waals surface area contributed by atoms with Crippen LogP contribution in [0.5, 0.6) is 0 Å². The maximum atomic E-state index is 12.1. The first-order chi connectivity index (χ1) is 9.88. The monoisotopic (exact) mass is 351 g/mol. The zero-order valence-electron chi connectivity index (χ0n) is 11.1. The molecule has 1 fully saturated rings. The number of nitrogens with one attached hydrogen (secondary N) is 1. The van der Waals surface area contributed by atoms with E-state index in [1.807, 2.05) is 0 Å². The molecular weight excluding hydrogens is 337 g/mol. The van der Waals surface area contributed by atoms with Crippen molar-refractivity contribution in [2.45, 2.75) is 17.7 Å². The van der Waals surface area contributed by atoms with Crippen LogP contribution < -0.4 is 5.32 Å². The maximum absolute atomic E-state index is 12.1. The number of benzene rings is 1. The standard InChI is InChI=1S/C13H15Cl2NO4S/c14-12-4-3-10(21(15,18)19)6-11(12)13(17)16-7-9-2-1-5-20-8-9/h3-4,6,9H,1-2,5,7-8H2,(H,16,17). The average Bonchev–Trinajstić information content (AvgIpc) is 2.45. The molecule has 1 atom stereocenters. The fourth-order valence-corrected chi connectivity index (χ4v) is 3.11. The molecule has 5 nitrogen and oxygen atoms in total. The minimum absolute atomic E-state index is 0.0927. The van der Waals surface area contributed by atoms with Crippen LogP contribution in [0.4, 0.5) is 0 Å². The van der Waals surface area contributed by atoms with Gasteiger partial charge in [0.25, 0.3) is 15.0 Å². The number of hydrogen-bond acceptors (Lipinski definition) is 4. The Kier molecular flexibility index (Phi) is 5.48. The van der Waals surface area contributed by atoms with Gasteiger partial charge in [-0.3, -0.25) is 4.79 Å². The van der Waals surface area contributed by atoms with Crippen LogP contribution in [0.1, 0.15) is 23.2 Å². The van der Waals surface area contributed by atoms with Crippen molar-refractivity contribution in [1.82, 2.24) is 5.32 Å². The number of ether oxygens (including phenoxy) is 1. The van der Waals surface area contributed by atoms with Crippen molar-refractivity contribution in [3.05, 3.63) is 28.8 Å². The molecule has 1 saturated heterocycles. The molecule has 1 aliphatic heterocycles. The van der Waals surface area contributed by atoms with E-state index in [0.717, 1.165) is 19.4 Å². The zero-order valence-corrected chi connectivity index (χ0v) is 13.5. The molecule has 1 N–H and O–H groups in total. The van der Waals surface area contributed by atoms with Crippen molar-refractivity contribution >= 4 is 37.2 Å². The first-order valence-corrected chi connectivity index (χ1v) is 9.17. The van der Waals surface area contributed by atoms with Crippen LogP contribution in [-0.2, 0) is 13.8 Å². The fraction of sp³-hybridized carbons (Fsp3) is 0.462. The zero-order chi connectivity index (χ0) is 15.5. The number of hydrogen-bond donors (Lipinski definition) is 1. The molecule has 0 aromatic heterocycles. The van der Waals surface area contributed by atoms with Crippen LogP contribution in [0.25, 0.3) is 0 Å². The second-order valence-corrected chi connectivity index (χ2v) is 7.85. The molecule has 1 unspecified atom stereocenters. The largest absolute Gasteiger partial charge is 0.381 e. The molecule has 2 rings (SSSR count). The molecule has 116 valence electrons. The Balaban J connectivity index is 2.07. The van der Waals surface area contributed by atoms with Gasteiger partial charge in [0.15, 0.2) is 0 Å². The molecule has 1 heterocycles. The normalized spacial score (nSPS) is 19.2. The predicted molar refractivity (Wildman–Crippen MR) is 80.4 cm³/mol. The molecule has 21 heavy (non-hydrogen) atoms. The summed E-state index contributed by atoms with van der Waals surface area (Å²) < 4.78 is 27.9. The van der Waals surface area contributed by atoms with E-state index in [9.17, 15) is 13.2 Å². The van der Waals surface area contributed by atoms with Crippen LogP contribution in [0.3, 0.4) is 0 Å². The minimum Gasteiger partial charge on any atom is -0.381 e. The summed E-state index contributed by atoms with van der Waals surface area (Å²) >= 11 is 5.94. The predicted octanol–water partition coefficient (Wildman–Crippen LogP) is 2.42. The van der Waals surface area contributed by atoms with Crippen molar-refractivity contribution < 1.29 is 17.9 Å². The van der Waals surface area contributed by atoms with Crippen molar-refractivity contribution in [2.24, 2.45) is 5.92 Å². The first-order valence-electron chi connectivity index (χ1n) is 6.48.